The van der Waals surface area contributed by atoms with Gasteiger partial charge in [0.1, 0.15) is 58.9 Å². The Morgan fingerprint density at radius 3 is 1.61 bits per heavy atom. The van der Waals surface area contributed by atoms with Crippen LogP contribution in [0, 0.1) is 34.9 Å². The molecule has 0 spiro atoms. The number of benzene rings is 8. The number of para-hydroxylation sites is 3. The highest BCUT2D eigenvalue weighted by Crippen LogP contribution is 2.53. The normalized spacial score (nSPS) is 13.8. The van der Waals surface area contributed by atoms with E-state index in [0.29, 0.717) is 58.5 Å². The van der Waals surface area contributed by atoms with Crippen molar-refractivity contribution in [2.45, 2.75) is 78.6 Å². The lowest BCUT2D eigenvalue weighted by Crippen LogP contribution is -2.26. The monoisotopic (exact) mass is 1040 g/mol. The van der Waals surface area contributed by atoms with Crippen LogP contribution in [0.5, 0.6) is 11.5 Å². The molecule has 0 saturated carbocycles. The number of hydrogen-bond acceptors (Lipinski definition) is 4. The zero-order valence-corrected chi connectivity index (χ0v) is 44.0. The number of ether oxygens (including phenoxy) is 1. The fourth-order valence-electron chi connectivity index (χ4n) is 10.1. The molecule has 77 heavy (non-hydrogen) atoms. The average Bonchev–Trinajstić information content (AvgIpc) is 4.21. The van der Waals surface area contributed by atoms with Crippen molar-refractivity contribution < 1.29 is 36.6 Å². The van der Waals surface area contributed by atoms with Crippen LogP contribution in [0.15, 0.2) is 164 Å². The van der Waals surface area contributed by atoms with Gasteiger partial charge in [-0.2, -0.15) is 0 Å². The zero-order chi connectivity index (χ0) is 57.9. The molecule has 0 aliphatic carbocycles. The lowest BCUT2D eigenvalue weighted by molar-refractivity contribution is 0.483. The predicted molar refractivity (Wildman–Crippen MR) is 299 cm³/mol. The molecule has 11 rings (SSSR count). The van der Waals surface area contributed by atoms with Crippen molar-refractivity contribution in [2.75, 3.05) is 16.5 Å². The number of halogens is 6. The molecule has 0 atom stereocenters. The molecule has 2 aromatic heterocycles. The molecule has 1 aliphatic rings. The first-order valence-corrected chi connectivity index (χ1v) is 25.3. The minimum Gasteiger partial charge on any atom is -0.457 e. The summed E-state index contributed by atoms with van der Waals surface area (Å²) in [5, 5.41) is 1.92. The summed E-state index contributed by atoms with van der Waals surface area (Å²) in [5.41, 5.74) is 1.36. The van der Waals surface area contributed by atoms with Crippen molar-refractivity contribution in [3.8, 4) is 50.7 Å². The number of anilines is 4. The molecule has 0 fully saturated rings. The van der Waals surface area contributed by atoms with Crippen molar-refractivity contribution in [3.05, 3.63) is 215 Å². The fraction of sp³-hybridized carbons (Fsp3) is 0.197. The average molecular weight is 1040 g/mol. The SMILES string of the molecule is [2H]c1c([2H])c(C(C)(C)C)c([2H])c([2H])c1-c1cc(Oc2ccc3c4ccccc4n(-c4cc(C(C)(C)C)ccn4)c3c2)cc(N2CN(c3c(-c4c(F)cc(F)cc4F)cc(C(C)(C)C)cc3-c3c(F)cc(F)cc3F)c3ccccc32)c1. The van der Waals surface area contributed by atoms with Gasteiger partial charge in [0.2, 0.25) is 0 Å². The largest absolute Gasteiger partial charge is 0.457 e. The van der Waals surface area contributed by atoms with E-state index in [1.165, 1.54) is 12.1 Å². The van der Waals surface area contributed by atoms with Gasteiger partial charge in [0.05, 0.1) is 44.7 Å². The Hall–Kier alpha value is -8.31. The summed E-state index contributed by atoms with van der Waals surface area (Å²) in [5.74, 6) is -6.19. The Labute approximate surface area is 450 Å². The van der Waals surface area contributed by atoms with Gasteiger partial charge in [-0.25, -0.2) is 31.3 Å². The van der Waals surface area contributed by atoms with Gasteiger partial charge < -0.3 is 14.5 Å². The predicted octanol–water partition coefficient (Wildman–Crippen LogP) is 18.9. The van der Waals surface area contributed by atoms with Crippen LogP contribution < -0.4 is 14.5 Å². The number of pyridine rings is 1. The van der Waals surface area contributed by atoms with E-state index in [9.17, 15) is 14.3 Å². The number of fused-ring (bicyclic) bond motifs is 4. The smallest absolute Gasteiger partial charge is 0.137 e. The maximum atomic E-state index is 16.4. The molecule has 5 nitrogen and oxygen atoms in total. The van der Waals surface area contributed by atoms with E-state index in [1.54, 1.807) is 79.2 Å². The Morgan fingerprint density at radius 1 is 0.481 bits per heavy atom. The molecule has 1 aliphatic heterocycles. The molecule has 0 amide bonds. The van der Waals surface area contributed by atoms with Crippen LogP contribution in [0.3, 0.4) is 0 Å². The van der Waals surface area contributed by atoms with Gasteiger partial charge >= 0.3 is 0 Å². The van der Waals surface area contributed by atoms with Crippen LogP contribution in [0.2, 0.25) is 0 Å². The van der Waals surface area contributed by atoms with Crippen molar-refractivity contribution >= 4 is 44.6 Å². The topological polar surface area (TPSA) is 33.5 Å². The molecule has 10 aromatic rings. The van der Waals surface area contributed by atoms with E-state index in [0.717, 1.165) is 27.4 Å². The standard InChI is InChI=1S/C66H56F6N4O/c1-64(2,3)40-20-18-38(19-21-40)39-26-45(35-47(27-39)77-46-22-23-49-48-14-10-11-15-56(48)76(59(49)36-46)60-30-41(24-25-73-60)65(4,5)6)74-37-75(58-17-13-12-16-57(58)74)63-50(61-52(69)31-43(67)32-53(61)70)28-42(66(7,8)9)29-51(63)62-54(71)33-44(68)34-55(62)72/h10-36H,37H2,1-9H3/i18D,19D,20D,21D. The molecule has 0 unspecified atom stereocenters. The second-order valence-electron chi connectivity index (χ2n) is 22.6. The first-order chi connectivity index (χ1) is 38.2. The van der Waals surface area contributed by atoms with Gasteiger partial charge in [-0.15, -0.1) is 0 Å². The first kappa shape index (κ1) is 46.0. The second-order valence-corrected chi connectivity index (χ2v) is 22.6. The lowest BCUT2D eigenvalue weighted by Gasteiger charge is -2.30. The van der Waals surface area contributed by atoms with Crippen LogP contribution in [-0.4, -0.2) is 16.2 Å². The van der Waals surface area contributed by atoms with Crippen molar-refractivity contribution in [3.63, 3.8) is 0 Å². The molecule has 388 valence electrons. The van der Waals surface area contributed by atoms with Gasteiger partial charge in [0.25, 0.3) is 0 Å². The van der Waals surface area contributed by atoms with Crippen LogP contribution >= 0.6 is 0 Å². The van der Waals surface area contributed by atoms with Crippen LogP contribution in [0.1, 0.15) is 84.5 Å². The Bertz CT molecular complexity index is 4080. The maximum Gasteiger partial charge on any atom is 0.137 e. The van der Waals surface area contributed by atoms with Gasteiger partial charge in [0.15, 0.2) is 0 Å². The summed E-state index contributed by atoms with van der Waals surface area (Å²) in [4.78, 5) is 8.26. The molecule has 0 N–H and O–H groups in total. The molecule has 11 heteroatoms. The maximum absolute atomic E-state index is 16.4. The number of aromatic nitrogens is 2. The van der Waals surface area contributed by atoms with E-state index in [1.807, 2.05) is 69.3 Å². The second kappa shape index (κ2) is 18.8. The third kappa shape index (κ3) is 9.36. The third-order valence-corrected chi connectivity index (χ3v) is 14.1. The summed E-state index contributed by atoms with van der Waals surface area (Å²) in [6, 6.07) is 33.9. The Morgan fingerprint density at radius 2 is 1.03 bits per heavy atom. The van der Waals surface area contributed by atoms with E-state index in [2.05, 4.69) is 31.4 Å². The molecule has 3 heterocycles. The summed E-state index contributed by atoms with van der Waals surface area (Å²) in [7, 11) is 0. The van der Waals surface area contributed by atoms with Crippen molar-refractivity contribution in [2.24, 2.45) is 0 Å². The van der Waals surface area contributed by atoms with Gasteiger partial charge in [0, 0.05) is 70.2 Å². The number of rotatable bonds is 8. The summed E-state index contributed by atoms with van der Waals surface area (Å²) >= 11 is 0. The quantitative estimate of drug-likeness (QED) is 0.142. The third-order valence-electron chi connectivity index (χ3n) is 14.1. The van der Waals surface area contributed by atoms with Crippen molar-refractivity contribution in [1.29, 1.82) is 0 Å². The van der Waals surface area contributed by atoms with E-state index >= 15 is 17.6 Å². The van der Waals surface area contributed by atoms with Crippen LogP contribution in [-0.2, 0) is 16.2 Å². The highest BCUT2D eigenvalue weighted by Gasteiger charge is 2.36. The summed E-state index contributed by atoms with van der Waals surface area (Å²) < 4.78 is 142. The lowest BCUT2D eigenvalue weighted by atomic mass is 9.81. The first-order valence-electron chi connectivity index (χ1n) is 27.3. The molecule has 0 bridgehead atoms. The Balaban J connectivity index is 1.15. The summed E-state index contributed by atoms with van der Waals surface area (Å²) in [6.07, 6.45) is 1.79. The number of hydrogen-bond donors (Lipinski definition) is 0. The molecule has 0 saturated heterocycles. The fourth-order valence-corrected chi connectivity index (χ4v) is 10.1. The van der Waals surface area contributed by atoms with E-state index < -0.39 is 56.9 Å². The van der Waals surface area contributed by atoms with Crippen molar-refractivity contribution in [1.82, 2.24) is 9.55 Å². The highest BCUT2D eigenvalue weighted by atomic mass is 19.2. The minimum absolute atomic E-state index is 0.0127. The zero-order valence-electron chi connectivity index (χ0n) is 48.0. The Kier molecular flexibility index (Phi) is 11.2. The van der Waals surface area contributed by atoms with E-state index in [-0.39, 0.29) is 75.5 Å². The molecular formula is C66H56F6N4O. The molecule has 0 radical (unpaired) electrons. The van der Waals surface area contributed by atoms with Gasteiger partial charge in [-0.3, -0.25) is 4.57 Å². The van der Waals surface area contributed by atoms with Gasteiger partial charge in [-0.05, 0) is 111 Å². The van der Waals surface area contributed by atoms with Gasteiger partial charge in [-0.1, -0.05) is 117 Å². The highest BCUT2D eigenvalue weighted by molar-refractivity contribution is 6.09. The number of nitrogens with zero attached hydrogens (tertiary/aromatic N) is 4. The minimum atomic E-state index is -1.28. The molecule has 8 aromatic carbocycles. The van der Waals surface area contributed by atoms with E-state index in [4.69, 9.17) is 9.72 Å². The summed E-state index contributed by atoms with van der Waals surface area (Å²) in [6.45, 7) is 17.1. The molecular weight excluding hydrogens is 979 g/mol. The van der Waals surface area contributed by atoms with Crippen LogP contribution in [0.25, 0.3) is 61.0 Å². The van der Waals surface area contributed by atoms with Crippen LogP contribution in [0.4, 0.5) is 49.1 Å².